The standard InChI is InChI=1S/C20H33N3O4/c1-15(22-26-14-16-10-8-7-9-11-16)12-13-17(18(24)21-5)23(6)19(25)27-20(2,3)4/h7-11,15,17,22H,12-14H2,1-6H3,(H,21,24)/t15-,17-/m0/s1. The van der Waals surface area contributed by atoms with Crippen molar-refractivity contribution in [3.8, 4) is 0 Å². The smallest absolute Gasteiger partial charge is 0.410 e. The highest BCUT2D eigenvalue weighted by atomic mass is 16.6. The molecule has 0 saturated heterocycles. The van der Waals surface area contributed by atoms with Gasteiger partial charge in [0, 0.05) is 20.1 Å². The molecule has 1 rings (SSSR count). The van der Waals surface area contributed by atoms with Gasteiger partial charge < -0.3 is 10.1 Å². The summed E-state index contributed by atoms with van der Waals surface area (Å²) in [7, 11) is 3.14. The highest BCUT2D eigenvalue weighted by Crippen LogP contribution is 2.14. The van der Waals surface area contributed by atoms with Crippen molar-refractivity contribution in [3.05, 3.63) is 35.9 Å². The Morgan fingerprint density at radius 1 is 1.15 bits per heavy atom. The minimum Gasteiger partial charge on any atom is -0.444 e. The summed E-state index contributed by atoms with van der Waals surface area (Å²) < 4.78 is 5.36. The summed E-state index contributed by atoms with van der Waals surface area (Å²) in [4.78, 5) is 31.4. The first kappa shape index (κ1) is 22.9. The fraction of sp³-hybridized carbons (Fsp3) is 0.600. The molecule has 2 amide bonds. The number of rotatable bonds is 9. The number of nitrogens with one attached hydrogen (secondary N) is 2. The van der Waals surface area contributed by atoms with E-state index >= 15 is 0 Å². The van der Waals surface area contributed by atoms with Gasteiger partial charge in [0.25, 0.3) is 0 Å². The molecular formula is C20H33N3O4. The Hall–Kier alpha value is -2.12. The van der Waals surface area contributed by atoms with Crippen molar-refractivity contribution in [3.63, 3.8) is 0 Å². The number of nitrogens with zero attached hydrogens (tertiary/aromatic N) is 1. The largest absolute Gasteiger partial charge is 0.444 e. The Labute approximate surface area is 162 Å². The Balaban J connectivity index is 2.51. The van der Waals surface area contributed by atoms with E-state index < -0.39 is 17.7 Å². The first-order chi connectivity index (χ1) is 12.6. The third-order valence-corrected chi connectivity index (χ3v) is 3.94. The number of likely N-dealkylation sites (N-methyl/N-ethyl adjacent to an activating group) is 2. The SMILES string of the molecule is CNC(=O)[C@H](CC[C@H](C)NOCc1ccccc1)N(C)C(=O)OC(C)(C)C. The molecule has 2 atom stereocenters. The number of benzene rings is 1. The number of ether oxygens (including phenoxy) is 1. The maximum absolute atomic E-state index is 12.3. The number of hydrogen-bond acceptors (Lipinski definition) is 5. The molecule has 0 radical (unpaired) electrons. The van der Waals surface area contributed by atoms with Crippen LogP contribution in [-0.2, 0) is 21.0 Å². The van der Waals surface area contributed by atoms with Gasteiger partial charge in [0.15, 0.2) is 0 Å². The summed E-state index contributed by atoms with van der Waals surface area (Å²) in [5.41, 5.74) is 3.45. The summed E-state index contributed by atoms with van der Waals surface area (Å²) in [6, 6.07) is 9.27. The quantitative estimate of drug-likeness (QED) is 0.645. The van der Waals surface area contributed by atoms with Crippen LogP contribution >= 0.6 is 0 Å². The summed E-state index contributed by atoms with van der Waals surface area (Å²) in [6.07, 6.45) is 0.621. The van der Waals surface area contributed by atoms with E-state index in [1.165, 1.54) is 4.90 Å². The van der Waals surface area contributed by atoms with Crippen molar-refractivity contribution < 1.29 is 19.2 Å². The van der Waals surface area contributed by atoms with Gasteiger partial charge in [-0.05, 0) is 46.1 Å². The number of amides is 2. The van der Waals surface area contributed by atoms with Crippen LogP contribution in [-0.4, -0.2) is 48.7 Å². The number of carbonyl (C=O) groups is 2. The normalized spacial score (nSPS) is 13.6. The number of hydroxylamine groups is 1. The maximum atomic E-state index is 12.3. The molecule has 7 heteroatoms. The van der Waals surface area contributed by atoms with Crippen LogP contribution in [0.25, 0.3) is 0 Å². The minimum atomic E-state index is -0.612. The third-order valence-electron chi connectivity index (χ3n) is 3.94. The molecule has 0 aliphatic rings. The van der Waals surface area contributed by atoms with E-state index in [1.54, 1.807) is 34.9 Å². The molecule has 0 aromatic heterocycles. The van der Waals surface area contributed by atoms with Gasteiger partial charge in [-0.25, -0.2) is 4.79 Å². The van der Waals surface area contributed by atoms with Crippen LogP contribution in [0.3, 0.4) is 0 Å². The second-order valence-corrected chi connectivity index (χ2v) is 7.59. The van der Waals surface area contributed by atoms with Gasteiger partial charge in [-0.15, -0.1) is 0 Å². The Morgan fingerprint density at radius 3 is 2.33 bits per heavy atom. The molecule has 0 heterocycles. The zero-order valence-corrected chi connectivity index (χ0v) is 17.2. The van der Waals surface area contributed by atoms with E-state index in [0.717, 1.165) is 5.56 Å². The molecule has 2 N–H and O–H groups in total. The monoisotopic (exact) mass is 379 g/mol. The van der Waals surface area contributed by atoms with Gasteiger partial charge in [0.05, 0.1) is 6.61 Å². The molecule has 0 unspecified atom stereocenters. The zero-order valence-electron chi connectivity index (χ0n) is 17.2. The van der Waals surface area contributed by atoms with Crippen molar-refractivity contribution in [1.82, 2.24) is 15.7 Å². The van der Waals surface area contributed by atoms with E-state index in [2.05, 4.69) is 10.8 Å². The summed E-state index contributed by atoms with van der Waals surface area (Å²) in [6.45, 7) is 7.82. The van der Waals surface area contributed by atoms with E-state index in [4.69, 9.17) is 9.57 Å². The van der Waals surface area contributed by atoms with E-state index in [-0.39, 0.29) is 11.9 Å². The Morgan fingerprint density at radius 2 is 1.78 bits per heavy atom. The molecule has 0 fully saturated rings. The number of carbonyl (C=O) groups excluding carboxylic acids is 2. The van der Waals surface area contributed by atoms with Gasteiger partial charge in [-0.3, -0.25) is 14.5 Å². The highest BCUT2D eigenvalue weighted by molar-refractivity contribution is 5.85. The second kappa shape index (κ2) is 10.9. The third kappa shape index (κ3) is 8.88. The topological polar surface area (TPSA) is 79.9 Å². The van der Waals surface area contributed by atoms with E-state index in [9.17, 15) is 9.59 Å². The minimum absolute atomic E-state index is 0.0212. The molecule has 0 aliphatic heterocycles. The van der Waals surface area contributed by atoms with Crippen LogP contribution in [0.1, 0.15) is 46.1 Å². The fourth-order valence-corrected chi connectivity index (χ4v) is 2.44. The van der Waals surface area contributed by atoms with Gasteiger partial charge >= 0.3 is 6.09 Å². The van der Waals surface area contributed by atoms with Crippen molar-refractivity contribution in [2.45, 2.75) is 64.8 Å². The van der Waals surface area contributed by atoms with Gasteiger partial charge in [-0.1, -0.05) is 30.3 Å². The molecular weight excluding hydrogens is 346 g/mol. The Bertz CT molecular complexity index is 587. The van der Waals surface area contributed by atoms with Crippen LogP contribution in [0.15, 0.2) is 30.3 Å². The van der Waals surface area contributed by atoms with Crippen molar-refractivity contribution in [1.29, 1.82) is 0 Å². The molecule has 0 aliphatic carbocycles. The maximum Gasteiger partial charge on any atom is 0.410 e. The molecule has 27 heavy (non-hydrogen) atoms. The predicted octanol–water partition coefficient (Wildman–Crippen LogP) is 2.86. The molecule has 152 valence electrons. The molecule has 0 saturated carbocycles. The van der Waals surface area contributed by atoms with Gasteiger partial charge in [0.1, 0.15) is 11.6 Å². The lowest BCUT2D eigenvalue weighted by molar-refractivity contribution is -0.125. The second-order valence-electron chi connectivity index (χ2n) is 7.59. The molecule has 0 spiro atoms. The predicted molar refractivity (Wildman–Crippen MR) is 105 cm³/mol. The average Bonchev–Trinajstić information content (AvgIpc) is 2.60. The van der Waals surface area contributed by atoms with E-state index in [1.807, 2.05) is 37.3 Å². The fourth-order valence-electron chi connectivity index (χ4n) is 2.44. The summed E-state index contributed by atoms with van der Waals surface area (Å²) in [5, 5.41) is 2.61. The molecule has 0 bridgehead atoms. The van der Waals surface area contributed by atoms with Crippen LogP contribution in [0.2, 0.25) is 0 Å². The molecule has 7 nitrogen and oxygen atoms in total. The van der Waals surface area contributed by atoms with Crippen molar-refractivity contribution in [2.75, 3.05) is 14.1 Å². The highest BCUT2D eigenvalue weighted by Gasteiger charge is 2.29. The lowest BCUT2D eigenvalue weighted by Gasteiger charge is -2.30. The average molecular weight is 380 g/mol. The Kier molecular flexibility index (Phi) is 9.25. The lowest BCUT2D eigenvalue weighted by atomic mass is 10.1. The van der Waals surface area contributed by atoms with Gasteiger partial charge in [-0.2, -0.15) is 5.48 Å². The first-order valence-corrected chi connectivity index (χ1v) is 9.22. The molecule has 1 aromatic carbocycles. The van der Waals surface area contributed by atoms with Crippen LogP contribution in [0, 0.1) is 0 Å². The van der Waals surface area contributed by atoms with Crippen LogP contribution < -0.4 is 10.8 Å². The lowest BCUT2D eigenvalue weighted by Crippen LogP contribution is -2.48. The summed E-state index contributed by atoms with van der Waals surface area (Å²) >= 11 is 0. The van der Waals surface area contributed by atoms with Gasteiger partial charge in [0.2, 0.25) is 5.91 Å². The summed E-state index contributed by atoms with van der Waals surface area (Å²) in [5.74, 6) is -0.222. The van der Waals surface area contributed by atoms with Crippen LogP contribution in [0.5, 0.6) is 0 Å². The van der Waals surface area contributed by atoms with E-state index in [0.29, 0.717) is 19.4 Å². The van der Waals surface area contributed by atoms with Crippen molar-refractivity contribution in [2.24, 2.45) is 0 Å². The van der Waals surface area contributed by atoms with Crippen LogP contribution in [0.4, 0.5) is 4.79 Å². The number of hydrogen-bond donors (Lipinski definition) is 2. The first-order valence-electron chi connectivity index (χ1n) is 9.22. The molecule has 1 aromatic rings. The zero-order chi connectivity index (χ0) is 20.4. The van der Waals surface area contributed by atoms with Crippen molar-refractivity contribution >= 4 is 12.0 Å².